The van der Waals surface area contributed by atoms with E-state index in [0.29, 0.717) is 19.6 Å². The number of rotatable bonds is 5. The first-order chi connectivity index (χ1) is 8.25. The van der Waals surface area contributed by atoms with Crippen molar-refractivity contribution in [3.05, 3.63) is 18.2 Å². The van der Waals surface area contributed by atoms with Gasteiger partial charge < -0.3 is 14.3 Å². The Kier molecular flexibility index (Phi) is 4.31. The quantitative estimate of drug-likeness (QED) is 0.596. The van der Waals surface area contributed by atoms with Gasteiger partial charge in [-0.2, -0.15) is 0 Å². The molecule has 1 aromatic carbocycles. The van der Waals surface area contributed by atoms with E-state index in [9.17, 15) is 4.79 Å². The molecule has 0 fully saturated rings. The van der Waals surface area contributed by atoms with E-state index < -0.39 is 0 Å². The van der Waals surface area contributed by atoms with Gasteiger partial charge in [-0.15, -0.1) is 11.8 Å². The molecule has 0 aliphatic carbocycles. The van der Waals surface area contributed by atoms with Gasteiger partial charge in [-0.25, -0.2) is 0 Å². The van der Waals surface area contributed by atoms with Gasteiger partial charge in [-0.1, -0.05) is 0 Å². The topological polar surface area (TPSA) is 35.5 Å². The highest BCUT2D eigenvalue weighted by Gasteiger charge is 2.11. The number of ketones is 1. The van der Waals surface area contributed by atoms with Crippen molar-refractivity contribution in [2.75, 3.05) is 19.0 Å². The molecule has 0 aromatic heterocycles. The van der Waals surface area contributed by atoms with E-state index in [2.05, 4.69) is 0 Å². The molecular formula is C13H16O3S. The summed E-state index contributed by atoms with van der Waals surface area (Å²) in [6.45, 7) is 2.87. The standard InChI is InChI=1S/C13H16O3S/c1-10(14)3-2-8-17-11-4-5-12-13(9-11)16-7-6-15-12/h4-5,9H,2-3,6-8H2,1H3. The van der Waals surface area contributed by atoms with Gasteiger partial charge in [0.15, 0.2) is 11.5 Å². The number of thioether (sulfide) groups is 1. The molecule has 0 spiro atoms. The molecule has 92 valence electrons. The van der Waals surface area contributed by atoms with Gasteiger partial charge in [0.25, 0.3) is 0 Å². The van der Waals surface area contributed by atoms with Gasteiger partial charge in [0.1, 0.15) is 19.0 Å². The van der Waals surface area contributed by atoms with Crippen LogP contribution in [0.1, 0.15) is 19.8 Å². The number of benzene rings is 1. The molecule has 1 aromatic rings. The van der Waals surface area contributed by atoms with Crippen molar-refractivity contribution in [2.24, 2.45) is 0 Å². The lowest BCUT2D eigenvalue weighted by Gasteiger charge is -2.18. The average Bonchev–Trinajstić information content (AvgIpc) is 2.34. The van der Waals surface area contributed by atoms with Crippen molar-refractivity contribution in [3.8, 4) is 11.5 Å². The summed E-state index contributed by atoms with van der Waals surface area (Å²) in [6, 6.07) is 5.99. The maximum atomic E-state index is 10.8. The number of Topliss-reactive ketones (excluding diaryl/α,β-unsaturated/α-hetero) is 1. The first kappa shape index (κ1) is 12.3. The number of hydrogen-bond donors (Lipinski definition) is 0. The van der Waals surface area contributed by atoms with Gasteiger partial charge in [-0.05, 0) is 37.3 Å². The third-order valence-electron chi connectivity index (χ3n) is 2.46. The molecular weight excluding hydrogens is 236 g/mol. The van der Waals surface area contributed by atoms with Crippen LogP contribution >= 0.6 is 11.8 Å². The van der Waals surface area contributed by atoms with Crippen molar-refractivity contribution >= 4 is 17.5 Å². The predicted molar refractivity (Wildman–Crippen MR) is 68.1 cm³/mol. The fraction of sp³-hybridized carbons (Fsp3) is 0.462. The highest BCUT2D eigenvalue weighted by molar-refractivity contribution is 7.99. The third-order valence-corrected chi connectivity index (χ3v) is 3.54. The van der Waals surface area contributed by atoms with E-state index in [1.165, 1.54) is 0 Å². The lowest BCUT2D eigenvalue weighted by molar-refractivity contribution is -0.117. The summed E-state index contributed by atoms with van der Waals surface area (Å²) in [5, 5.41) is 0. The van der Waals surface area contributed by atoms with Crippen molar-refractivity contribution in [2.45, 2.75) is 24.7 Å². The first-order valence-electron chi connectivity index (χ1n) is 5.77. The largest absolute Gasteiger partial charge is 0.486 e. The number of fused-ring (bicyclic) bond motifs is 1. The zero-order valence-electron chi connectivity index (χ0n) is 9.90. The third kappa shape index (κ3) is 3.66. The molecule has 0 amide bonds. The van der Waals surface area contributed by atoms with Gasteiger partial charge in [0, 0.05) is 11.3 Å². The number of ether oxygens (including phenoxy) is 2. The molecule has 0 N–H and O–H groups in total. The Balaban J connectivity index is 1.86. The van der Waals surface area contributed by atoms with Gasteiger partial charge in [-0.3, -0.25) is 0 Å². The molecule has 0 atom stereocenters. The second kappa shape index (κ2) is 5.96. The second-order valence-electron chi connectivity index (χ2n) is 3.96. The molecule has 0 bridgehead atoms. The Hall–Kier alpha value is -1.16. The molecule has 4 heteroatoms. The van der Waals surface area contributed by atoms with Crippen LogP contribution < -0.4 is 9.47 Å². The molecule has 1 heterocycles. The minimum absolute atomic E-state index is 0.257. The monoisotopic (exact) mass is 252 g/mol. The summed E-state index contributed by atoms with van der Waals surface area (Å²) >= 11 is 1.75. The maximum absolute atomic E-state index is 10.8. The van der Waals surface area contributed by atoms with E-state index in [1.54, 1.807) is 18.7 Å². The van der Waals surface area contributed by atoms with Crippen LogP contribution in [0.3, 0.4) is 0 Å². The van der Waals surface area contributed by atoms with Gasteiger partial charge >= 0.3 is 0 Å². The van der Waals surface area contributed by atoms with Crippen LogP contribution in [0.15, 0.2) is 23.1 Å². The van der Waals surface area contributed by atoms with Crippen LogP contribution in [0.4, 0.5) is 0 Å². The SMILES string of the molecule is CC(=O)CCCSc1ccc2c(c1)OCCO2. The normalized spacial score (nSPS) is 13.5. The van der Waals surface area contributed by atoms with Crippen LogP contribution in [0, 0.1) is 0 Å². The summed E-state index contributed by atoms with van der Waals surface area (Å²) in [4.78, 5) is 12.0. The van der Waals surface area contributed by atoms with Crippen molar-refractivity contribution in [1.29, 1.82) is 0 Å². The van der Waals surface area contributed by atoms with E-state index in [0.717, 1.165) is 28.6 Å². The van der Waals surface area contributed by atoms with Gasteiger partial charge in [0.05, 0.1) is 0 Å². The fourth-order valence-corrected chi connectivity index (χ4v) is 2.50. The lowest BCUT2D eigenvalue weighted by Crippen LogP contribution is -2.15. The molecule has 0 saturated heterocycles. The highest BCUT2D eigenvalue weighted by atomic mass is 32.2. The Morgan fingerprint density at radius 3 is 2.82 bits per heavy atom. The molecule has 2 rings (SSSR count). The average molecular weight is 252 g/mol. The zero-order chi connectivity index (χ0) is 12.1. The molecule has 1 aliphatic heterocycles. The minimum Gasteiger partial charge on any atom is -0.486 e. The Morgan fingerprint density at radius 1 is 1.29 bits per heavy atom. The second-order valence-corrected chi connectivity index (χ2v) is 5.13. The summed E-state index contributed by atoms with van der Waals surface area (Å²) in [6.07, 6.45) is 1.59. The van der Waals surface area contributed by atoms with E-state index in [-0.39, 0.29) is 5.78 Å². The lowest BCUT2D eigenvalue weighted by atomic mass is 10.3. The Bertz CT molecular complexity index is 404. The molecule has 0 saturated carbocycles. The van der Waals surface area contributed by atoms with Crippen molar-refractivity contribution in [1.82, 2.24) is 0 Å². The van der Waals surface area contributed by atoms with Crippen LogP contribution in [0.5, 0.6) is 11.5 Å². The van der Waals surface area contributed by atoms with E-state index in [1.807, 2.05) is 18.2 Å². The summed E-state index contributed by atoms with van der Waals surface area (Å²) in [5.41, 5.74) is 0. The minimum atomic E-state index is 0.257. The van der Waals surface area contributed by atoms with Crippen LogP contribution in [-0.2, 0) is 4.79 Å². The smallest absolute Gasteiger partial charge is 0.162 e. The molecule has 0 unspecified atom stereocenters. The first-order valence-corrected chi connectivity index (χ1v) is 6.76. The van der Waals surface area contributed by atoms with Crippen LogP contribution in [-0.4, -0.2) is 24.7 Å². The molecule has 1 aliphatic rings. The Labute approximate surface area is 105 Å². The molecule has 0 radical (unpaired) electrons. The fourth-order valence-electron chi connectivity index (χ4n) is 1.62. The summed E-state index contributed by atoms with van der Waals surface area (Å²) in [7, 11) is 0. The number of carbonyl (C=O) groups is 1. The van der Waals surface area contributed by atoms with Crippen LogP contribution in [0.25, 0.3) is 0 Å². The van der Waals surface area contributed by atoms with Crippen molar-refractivity contribution < 1.29 is 14.3 Å². The summed E-state index contributed by atoms with van der Waals surface area (Å²) < 4.78 is 11.0. The van der Waals surface area contributed by atoms with Crippen molar-refractivity contribution in [3.63, 3.8) is 0 Å². The predicted octanol–water partition coefficient (Wildman–Crippen LogP) is 2.92. The zero-order valence-corrected chi connectivity index (χ0v) is 10.7. The highest BCUT2D eigenvalue weighted by Crippen LogP contribution is 2.34. The van der Waals surface area contributed by atoms with E-state index in [4.69, 9.17) is 9.47 Å². The number of hydrogen-bond acceptors (Lipinski definition) is 4. The maximum Gasteiger partial charge on any atom is 0.162 e. The van der Waals surface area contributed by atoms with Gasteiger partial charge in [0.2, 0.25) is 0 Å². The molecule has 17 heavy (non-hydrogen) atoms. The van der Waals surface area contributed by atoms with E-state index >= 15 is 0 Å². The number of carbonyl (C=O) groups excluding carboxylic acids is 1. The van der Waals surface area contributed by atoms with Crippen LogP contribution in [0.2, 0.25) is 0 Å². The molecule has 3 nitrogen and oxygen atoms in total. The Morgan fingerprint density at radius 2 is 2.06 bits per heavy atom. The summed E-state index contributed by atoms with van der Waals surface area (Å²) in [5.74, 6) is 2.86.